The molecular formula is C12H22N2O3S. The second-order valence-electron chi connectivity index (χ2n) is 4.69. The third-order valence-electron chi connectivity index (χ3n) is 2.56. The van der Waals surface area contributed by atoms with Crippen molar-refractivity contribution in [1.29, 1.82) is 0 Å². The van der Waals surface area contributed by atoms with Crippen LogP contribution in [0.15, 0.2) is 21.6 Å². The summed E-state index contributed by atoms with van der Waals surface area (Å²) in [5.74, 6) is 0.619. The van der Waals surface area contributed by atoms with E-state index in [0.29, 0.717) is 18.3 Å². The molecule has 0 aliphatic rings. The maximum atomic E-state index is 11.9. The molecule has 0 aromatic carbocycles. The highest BCUT2D eigenvalue weighted by molar-refractivity contribution is 7.89. The SMILES string of the molecule is CCC(C)NS(=O)(=O)c1ccc(CNC(C)C)o1. The van der Waals surface area contributed by atoms with Gasteiger partial charge in [0.1, 0.15) is 5.76 Å². The molecular weight excluding hydrogens is 252 g/mol. The zero-order valence-corrected chi connectivity index (χ0v) is 12.2. The van der Waals surface area contributed by atoms with Crippen molar-refractivity contribution in [3.8, 4) is 0 Å². The maximum absolute atomic E-state index is 11.9. The van der Waals surface area contributed by atoms with Gasteiger partial charge in [0, 0.05) is 12.1 Å². The first-order chi connectivity index (χ1) is 8.35. The number of nitrogens with one attached hydrogen (secondary N) is 2. The molecule has 1 unspecified atom stereocenters. The molecule has 0 aliphatic carbocycles. The van der Waals surface area contributed by atoms with Gasteiger partial charge in [0.05, 0.1) is 6.54 Å². The minimum atomic E-state index is -3.53. The van der Waals surface area contributed by atoms with Crippen LogP contribution in [-0.4, -0.2) is 20.5 Å². The lowest BCUT2D eigenvalue weighted by Gasteiger charge is -2.10. The summed E-state index contributed by atoms with van der Waals surface area (Å²) in [7, 11) is -3.53. The largest absolute Gasteiger partial charge is 0.447 e. The Kier molecular flexibility index (Phi) is 5.37. The van der Waals surface area contributed by atoms with Crippen LogP contribution in [0.25, 0.3) is 0 Å². The summed E-state index contributed by atoms with van der Waals surface area (Å²) in [4.78, 5) is 0. The van der Waals surface area contributed by atoms with E-state index >= 15 is 0 Å². The Morgan fingerprint density at radius 2 is 1.94 bits per heavy atom. The van der Waals surface area contributed by atoms with Gasteiger partial charge >= 0.3 is 0 Å². The van der Waals surface area contributed by atoms with Crippen molar-refractivity contribution < 1.29 is 12.8 Å². The van der Waals surface area contributed by atoms with E-state index in [1.165, 1.54) is 6.07 Å². The molecule has 104 valence electrons. The van der Waals surface area contributed by atoms with Gasteiger partial charge in [0.25, 0.3) is 10.0 Å². The molecule has 5 nitrogen and oxygen atoms in total. The number of sulfonamides is 1. The monoisotopic (exact) mass is 274 g/mol. The van der Waals surface area contributed by atoms with Gasteiger partial charge in [-0.2, -0.15) is 0 Å². The van der Waals surface area contributed by atoms with E-state index < -0.39 is 10.0 Å². The average Bonchev–Trinajstić information content (AvgIpc) is 2.75. The van der Waals surface area contributed by atoms with Crippen molar-refractivity contribution in [1.82, 2.24) is 10.0 Å². The fraction of sp³-hybridized carbons (Fsp3) is 0.667. The second-order valence-corrected chi connectivity index (χ2v) is 6.33. The van der Waals surface area contributed by atoms with Crippen molar-refractivity contribution >= 4 is 10.0 Å². The molecule has 0 fully saturated rings. The highest BCUT2D eigenvalue weighted by Gasteiger charge is 2.20. The summed E-state index contributed by atoms with van der Waals surface area (Å²) in [6.07, 6.45) is 0.738. The molecule has 0 aliphatic heterocycles. The first-order valence-electron chi connectivity index (χ1n) is 6.19. The first-order valence-corrected chi connectivity index (χ1v) is 7.68. The van der Waals surface area contributed by atoms with E-state index in [-0.39, 0.29) is 11.1 Å². The van der Waals surface area contributed by atoms with Crippen LogP contribution in [0.1, 0.15) is 39.9 Å². The minimum Gasteiger partial charge on any atom is -0.447 e. The van der Waals surface area contributed by atoms with Gasteiger partial charge in [-0.1, -0.05) is 20.8 Å². The van der Waals surface area contributed by atoms with Gasteiger partial charge in [-0.05, 0) is 25.5 Å². The van der Waals surface area contributed by atoms with E-state index in [2.05, 4.69) is 10.0 Å². The second kappa shape index (κ2) is 6.36. The Labute approximate surface area is 109 Å². The van der Waals surface area contributed by atoms with E-state index in [4.69, 9.17) is 4.42 Å². The molecule has 1 heterocycles. The normalized spacial score (nSPS) is 14.1. The van der Waals surface area contributed by atoms with Gasteiger partial charge in [-0.3, -0.25) is 0 Å². The first kappa shape index (κ1) is 15.2. The molecule has 0 radical (unpaired) electrons. The molecule has 1 aromatic heterocycles. The Bertz CT molecular complexity index is 465. The van der Waals surface area contributed by atoms with E-state index in [9.17, 15) is 8.42 Å². The summed E-state index contributed by atoms with van der Waals surface area (Å²) >= 11 is 0. The molecule has 0 amide bonds. The number of hydrogen-bond acceptors (Lipinski definition) is 4. The molecule has 2 N–H and O–H groups in total. The highest BCUT2D eigenvalue weighted by Crippen LogP contribution is 2.14. The lowest BCUT2D eigenvalue weighted by Crippen LogP contribution is -2.31. The lowest BCUT2D eigenvalue weighted by molar-refractivity contribution is 0.391. The zero-order chi connectivity index (χ0) is 13.8. The van der Waals surface area contributed by atoms with Crippen LogP contribution in [0.3, 0.4) is 0 Å². The summed E-state index contributed by atoms with van der Waals surface area (Å²) in [6, 6.07) is 3.40. The molecule has 0 spiro atoms. The number of hydrogen-bond donors (Lipinski definition) is 2. The van der Waals surface area contributed by atoms with Crippen molar-refractivity contribution in [2.24, 2.45) is 0 Å². The summed E-state index contributed by atoms with van der Waals surface area (Å²) in [5, 5.41) is 3.14. The van der Waals surface area contributed by atoms with Crippen LogP contribution in [0.4, 0.5) is 0 Å². The van der Waals surface area contributed by atoms with E-state index in [0.717, 1.165) is 6.42 Å². The predicted octanol–water partition coefficient (Wildman–Crippen LogP) is 1.85. The Morgan fingerprint density at radius 3 is 2.50 bits per heavy atom. The summed E-state index contributed by atoms with van der Waals surface area (Å²) < 4.78 is 31.7. The van der Waals surface area contributed by atoms with Crippen LogP contribution in [0, 0.1) is 0 Å². The number of furan rings is 1. The summed E-state index contributed by atoms with van der Waals surface area (Å²) in [6.45, 7) is 8.31. The van der Waals surface area contributed by atoms with Crippen molar-refractivity contribution in [3.05, 3.63) is 17.9 Å². The standard InChI is InChI=1S/C12H22N2O3S/c1-5-10(4)14-18(15,16)12-7-6-11(17-12)8-13-9(2)3/h6-7,9-10,13-14H,5,8H2,1-4H3. The zero-order valence-electron chi connectivity index (χ0n) is 11.4. The molecule has 0 saturated heterocycles. The fourth-order valence-corrected chi connectivity index (χ4v) is 2.59. The van der Waals surface area contributed by atoms with Gasteiger partial charge in [0.2, 0.25) is 5.09 Å². The molecule has 18 heavy (non-hydrogen) atoms. The Hall–Kier alpha value is -0.850. The van der Waals surface area contributed by atoms with Crippen molar-refractivity contribution in [2.75, 3.05) is 0 Å². The molecule has 1 rings (SSSR count). The smallest absolute Gasteiger partial charge is 0.274 e. The molecule has 0 saturated carbocycles. The van der Waals surface area contributed by atoms with Crippen LogP contribution < -0.4 is 10.0 Å². The molecule has 6 heteroatoms. The van der Waals surface area contributed by atoms with E-state index in [1.54, 1.807) is 6.07 Å². The average molecular weight is 274 g/mol. The van der Waals surface area contributed by atoms with Crippen LogP contribution in [0.5, 0.6) is 0 Å². The Morgan fingerprint density at radius 1 is 1.28 bits per heavy atom. The molecule has 1 aromatic rings. The van der Waals surface area contributed by atoms with Crippen LogP contribution in [0.2, 0.25) is 0 Å². The molecule has 0 bridgehead atoms. The Balaban J connectivity index is 2.72. The van der Waals surface area contributed by atoms with E-state index in [1.807, 2.05) is 27.7 Å². The van der Waals surface area contributed by atoms with Crippen molar-refractivity contribution in [3.63, 3.8) is 0 Å². The predicted molar refractivity (Wildman–Crippen MR) is 70.8 cm³/mol. The van der Waals surface area contributed by atoms with Crippen LogP contribution >= 0.6 is 0 Å². The van der Waals surface area contributed by atoms with Crippen LogP contribution in [-0.2, 0) is 16.6 Å². The van der Waals surface area contributed by atoms with Gasteiger partial charge < -0.3 is 9.73 Å². The van der Waals surface area contributed by atoms with Crippen molar-refractivity contribution in [2.45, 2.75) is 57.8 Å². The minimum absolute atomic E-state index is 0.0247. The number of rotatable bonds is 7. The van der Waals surface area contributed by atoms with Gasteiger partial charge in [-0.15, -0.1) is 0 Å². The topological polar surface area (TPSA) is 71.3 Å². The summed E-state index contributed by atoms with van der Waals surface area (Å²) in [5.41, 5.74) is 0. The van der Waals surface area contributed by atoms with Gasteiger partial charge in [0.15, 0.2) is 0 Å². The highest BCUT2D eigenvalue weighted by atomic mass is 32.2. The maximum Gasteiger partial charge on any atom is 0.274 e. The van der Waals surface area contributed by atoms with Gasteiger partial charge in [-0.25, -0.2) is 13.1 Å². The quantitative estimate of drug-likeness (QED) is 0.796. The third-order valence-corrected chi connectivity index (χ3v) is 4.02. The molecule has 1 atom stereocenters. The lowest BCUT2D eigenvalue weighted by atomic mass is 10.3. The third kappa shape index (κ3) is 4.44. The fourth-order valence-electron chi connectivity index (χ4n) is 1.31.